The summed E-state index contributed by atoms with van der Waals surface area (Å²) in [5.74, 6) is -1.13. The van der Waals surface area contributed by atoms with Crippen molar-refractivity contribution < 1.29 is 19.4 Å². The molecule has 6 nitrogen and oxygen atoms in total. The maximum Gasteiger partial charge on any atom is 0.326 e. The Morgan fingerprint density at radius 2 is 2.00 bits per heavy atom. The molecular weight excluding hydrogens is 320 g/mol. The summed E-state index contributed by atoms with van der Waals surface area (Å²) >= 11 is 0. The van der Waals surface area contributed by atoms with Crippen LogP contribution in [-0.4, -0.2) is 34.1 Å². The fourth-order valence-corrected chi connectivity index (χ4v) is 2.57. The Labute approximate surface area is 145 Å². The molecule has 1 aromatic carbocycles. The minimum atomic E-state index is -1.07. The number of ether oxygens (including phenoxy) is 1. The van der Waals surface area contributed by atoms with Gasteiger partial charge in [0.1, 0.15) is 12.1 Å². The number of aliphatic carboxylic acids is 1. The lowest BCUT2D eigenvalue weighted by molar-refractivity contribution is -0.139. The van der Waals surface area contributed by atoms with Gasteiger partial charge >= 0.3 is 5.97 Å². The van der Waals surface area contributed by atoms with Gasteiger partial charge in [0.15, 0.2) is 0 Å². The number of carbonyl (C=O) groups excluding carboxylic acids is 1. The Morgan fingerprint density at radius 3 is 2.64 bits per heavy atom. The molecule has 1 heterocycles. The molecule has 6 heteroatoms. The first kappa shape index (κ1) is 17.0. The van der Waals surface area contributed by atoms with Crippen LogP contribution in [0.15, 0.2) is 48.7 Å². The van der Waals surface area contributed by atoms with Crippen molar-refractivity contribution in [1.29, 1.82) is 0 Å². The van der Waals surface area contributed by atoms with Crippen molar-refractivity contribution in [2.75, 3.05) is 0 Å². The number of nitrogens with one attached hydrogen (secondary N) is 1. The molecule has 1 fully saturated rings. The zero-order valence-corrected chi connectivity index (χ0v) is 13.7. The number of carboxylic acids is 1. The van der Waals surface area contributed by atoms with Gasteiger partial charge in [0.25, 0.3) is 5.91 Å². The van der Waals surface area contributed by atoms with Crippen LogP contribution >= 0.6 is 0 Å². The van der Waals surface area contributed by atoms with Crippen LogP contribution in [-0.2, 0) is 11.2 Å². The zero-order valence-electron chi connectivity index (χ0n) is 13.7. The molecule has 2 aromatic rings. The van der Waals surface area contributed by atoms with E-state index >= 15 is 0 Å². The Balaban J connectivity index is 1.66. The molecule has 1 amide bonds. The number of rotatable bonds is 7. The summed E-state index contributed by atoms with van der Waals surface area (Å²) < 4.78 is 5.68. The summed E-state index contributed by atoms with van der Waals surface area (Å²) in [6.45, 7) is 0. The van der Waals surface area contributed by atoms with Crippen LogP contribution in [0.4, 0.5) is 0 Å². The van der Waals surface area contributed by atoms with Crippen LogP contribution in [0, 0.1) is 0 Å². The van der Waals surface area contributed by atoms with Crippen LogP contribution in [0.2, 0.25) is 0 Å². The van der Waals surface area contributed by atoms with Crippen molar-refractivity contribution in [3.05, 3.63) is 59.8 Å². The minimum Gasteiger partial charge on any atom is -0.480 e. The highest BCUT2D eigenvalue weighted by atomic mass is 16.5. The average molecular weight is 340 g/mol. The smallest absolute Gasteiger partial charge is 0.326 e. The van der Waals surface area contributed by atoms with E-state index in [0.29, 0.717) is 11.4 Å². The number of carbonyl (C=O) groups is 2. The third-order valence-corrected chi connectivity index (χ3v) is 4.22. The van der Waals surface area contributed by atoms with Crippen LogP contribution in [0.25, 0.3) is 0 Å². The lowest BCUT2D eigenvalue weighted by Crippen LogP contribution is -2.42. The molecule has 1 unspecified atom stereocenters. The largest absolute Gasteiger partial charge is 0.480 e. The summed E-state index contributed by atoms with van der Waals surface area (Å²) in [5, 5.41) is 12.0. The predicted octanol–water partition coefficient (Wildman–Crippen LogP) is 2.44. The molecular formula is C19H20N2O4. The van der Waals surface area contributed by atoms with Crippen molar-refractivity contribution in [3.63, 3.8) is 0 Å². The molecule has 3 rings (SSSR count). The summed E-state index contributed by atoms with van der Waals surface area (Å²) in [6.07, 6.45) is 5.02. The molecule has 130 valence electrons. The van der Waals surface area contributed by atoms with Crippen LogP contribution in [0.1, 0.15) is 35.2 Å². The maximum atomic E-state index is 12.4. The first-order valence-corrected chi connectivity index (χ1v) is 8.32. The number of hydrogen-bond donors (Lipinski definition) is 2. The number of benzene rings is 1. The SMILES string of the molecule is O=C(NC(Cc1ccccc1)C(=O)O)c1ccnc(OC2CCC2)c1. The fourth-order valence-electron chi connectivity index (χ4n) is 2.57. The van der Waals surface area contributed by atoms with E-state index in [4.69, 9.17) is 4.74 Å². The van der Waals surface area contributed by atoms with Crippen molar-refractivity contribution in [2.45, 2.75) is 37.8 Å². The summed E-state index contributed by atoms with van der Waals surface area (Å²) in [5.41, 5.74) is 1.18. The molecule has 1 atom stereocenters. The van der Waals surface area contributed by atoms with Gasteiger partial charge in [0, 0.05) is 24.2 Å². The van der Waals surface area contributed by atoms with Crippen molar-refractivity contribution in [2.24, 2.45) is 0 Å². The third kappa shape index (κ3) is 4.56. The second kappa shape index (κ2) is 7.79. The molecule has 0 radical (unpaired) electrons. The molecule has 25 heavy (non-hydrogen) atoms. The zero-order chi connectivity index (χ0) is 17.6. The van der Waals surface area contributed by atoms with Gasteiger partial charge in [-0.3, -0.25) is 4.79 Å². The van der Waals surface area contributed by atoms with Gasteiger partial charge in [-0.25, -0.2) is 9.78 Å². The quantitative estimate of drug-likeness (QED) is 0.808. The van der Waals surface area contributed by atoms with Gasteiger partial charge < -0.3 is 15.2 Å². The van der Waals surface area contributed by atoms with E-state index in [1.165, 1.54) is 6.20 Å². The average Bonchev–Trinajstić information content (AvgIpc) is 2.58. The molecule has 1 aliphatic carbocycles. The van der Waals surface area contributed by atoms with E-state index in [0.717, 1.165) is 24.8 Å². The maximum absolute atomic E-state index is 12.4. The first-order valence-electron chi connectivity index (χ1n) is 8.32. The van der Waals surface area contributed by atoms with Crippen molar-refractivity contribution >= 4 is 11.9 Å². The van der Waals surface area contributed by atoms with E-state index < -0.39 is 17.9 Å². The summed E-state index contributed by atoms with van der Waals surface area (Å²) in [7, 11) is 0. The standard InChI is InChI=1S/C19H20N2O4/c22-18(14-9-10-20-17(12-14)25-15-7-4-8-15)21-16(19(23)24)11-13-5-2-1-3-6-13/h1-3,5-6,9-10,12,15-16H,4,7-8,11H2,(H,21,22)(H,23,24). The van der Waals surface area contributed by atoms with E-state index in [1.807, 2.05) is 30.3 Å². The number of aromatic nitrogens is 1. The minimum absolute atomic E-state index is 0.163. The highest BCUT2D eigenvalue weighted by Crippen LogP contribution is 2.24. The molecule has 1 aliphatic rings. The second-order valence-electron chi connectivity index (χ2n) is 6.11. The van der Waals surface area contributed by atoms with Crippen molar-refractivity contribution in [1.82, 2.24) is 10.3 Å². The first-order chi connectivity index (χ1) is 12.1. The number of pyridine rings is 1. The lowest BCUT2D eigenvalue weighted by atomic mass is 9.96. The molecule has 1 aromatic heterocycles. The van der Waals surface area contributed by atoms with E-state index in [2.05, 4.69) is 10.3 Å². The highest BCUT2D eigenvalue weighted by Gasteiger charge is 2.23. The van der Waals surface area contributed by atoms with Gasteiger partial charge in [-0.2, -0.15) is 0 Å². The Kier molecular flexibility index (Phi) is 5.28. The highest BCUT2D eigenvalue weighted by molar-refractivity contribution is 5.96. The molecule has 0 bridgehead atoms. The molecule has 0 saturated heterocycles. The summed E-state index contributed by atoms with van der Waals surface area (Å²) in [4.78, 5) is 28.0. The third-order valence-electron chi connectivity index (χ3n) is 4.22. The topological polar surface area (TPSA) is 88.5 Å². The number of amides is 1. The number of hydrogen-bond acceptors (Lipinski definition) is 4. The molecule has 1 saturated carbocycles. The molecule has 0 aliphatic heterocycles. The predicted molar refractivity (Wildman–Crippen MR) is 91.5 cm³/mol. The van der Waals surface area contributed by atoms with E-state index in [9.17, 15) is 14.7 Å². The molecule has 2 N–H and O–H groups in total. The van der Waals surface area contributed by atoms with Crippen LogP contribution in [0.5, 0.6) is 5.88 Å². The van der Waals surface area contributed by atoms with Gasteiger partial charge in [0.05, 0.1) is 0 Å². The number of nitrogens with zero attached hydrogens (tertiary/aromatic N) is 1. The number of carboxylic acid groups (broad SMARTS) is 1. The lowest BCUT2D eigenvalue weighted by Gasteiger charge is -2.25. The normalized spacial score (nSPS) is 15.0. The monoisotopic (exact) mass is 340 g/mol. The van der Waals surface area contributed by atoms with Gasteiger partial charge in [0.2, 0.25) is 5.88 Å². The Bertz CT molecular complexity index is 744. The van der Waals surface area contributed by atoms with E-state index in [-0.39, 0.29) is 12.5 Å². The Morgan fingerprint density at radius 1 is 1.24 bits per heavy atom. The van der Waals surface area contributed by atoms with Crippen LogP contribution in [0.3, 0.4) is 0 Å². The Hall–Kier alpha value is -2.89. The summed E-state index contributed by atoms with van der Waals surface area (Å²) in [6, 6.07) is 11.3. The molecule has 0 spiro atoms. The van der Waals surface area contributed by atoms with Crippen LogP contribution < -0.4 is 10.1 Å². The van der Waals surface area contributed by atoms with Gasteiger partial charge in [-0.15, -0.1) is 0 Å². The van der Waals surface area contributed by atoms with Gasteiger partial charge in [-0.05, 0) is 30.9 Å². The van der Waals surface area contributed by atoms with Crippen molar-refractivity contribution in [3.8, 4) is 5.88 Å². The van der Waals surface area contributed by atoms with Gasteiger partial charge in [-0.1, -0.05) is 30.3 Å². The second-order valence-corrected chi connectivity index (χ2v) is 6.11. The van der Waals surface area contributed by atoms with E-state index in [1.54, 1.807) is 12.1 Å². The fraction of sp³-hybridized carbons (Fsp3) is 0.316.